The van der Waals surface area contributed by atoms with E-state index >= 15 is 0 Å². The largest absolute Gasteiger partial charge is 0.330 e. The Hall–Kier alpha value is -0.0800. The predicted octanol–water partition coefficient (Wildman–Crippen LogP) is 1.70. The van der Waals surface area contributed by atoms with Crippen molar-refractivity contribution in [2.75, 3.05) is 26.2 Å². The van der Waals surface area contributed by atoms with Crippen molar-refractivity contribution in [2.24, 2.45) is 23.5 Å². The lowest BCUT2D eigenvalue weighted by atomic mass is 9.87. The Bertz CT molecular complexity index is 177. The molecule has 0 radical (unpaired) electrons. The zero-order chi connectivity index (χ0) is 9.97. The second-order valence-corrected chi connectivity index (χ2v) is 5.29. The molecule has 1 saturated carbocycles. The maximum atomic E-state index is 5.80. The Balaban J connectivity index is 1.71. The fourth-order valence-electron chi connectivity index (χ4n) is 2.51. The average molecular weight is 196 g/mol. The molecule has 14 heavy (non-hydrogen) atoms. The summed E-state index contributed by atoms with van der Waals surface area (Å²) in [6, 6.07) is 0. The SMILES string of the molecule is CC1CCN(CCC2CC2)CC1CN. The lowest BCUT2D eigenvalue weighted by Crippen LogP contribution is -2.43. The molecule has 0 aromatic carbocycles. The fraction of sp³-hybridized carbons (Fsp3) is 1.00. The van der Waals surface area contributed by atoms with Crippen molar-refractivity contribution < 1.29 is 0 Å². The monoisotopic (exact) mass is 196 g/mol. The summed E-state index contributed by atoms with van der Waals surface area (Å²) in [7, 11) is 0. The molecule has 1 aliphatic heterocycles. The summed E-state index contributed by atoms with van der Waals surface area (Å²) in [5.74, 6) is 2.67. The van der Waals surface area contributed by atoms with Crippen molar-refractivity contribution in [3.8, 4) is 0 Å². The predicted molar refractivity (Wildman–Crippen MR) is 60.1 cm³/mol. The highest BCUT2D eigenvalue weighted by molar-refractivity contribution is 4.80. The lowest BCUT2D eigenvalue weighted by Gasteiger charge is -2.36. The minimum absolute atomic E-state index is 0.753. The van der Waals surface area contributed by atoms with Crippen molar-refractivity contribution >= 4 is 0 Å². The standard InChI is InChI=1S/C12H24N2/c1-10-4-6-14(9-12(10)8-13)7-5-11-2-3-11/h10-12H,2-9,13H2,1H3. The van der Waals surface area contributed by atoms with Gasteiger partial charge in [0.1, 0.15) is 0 Å². The van der Waals surface area contributed by atoms with Crippen LogP contribution in [0.1, 0.15) is 32.6 Å². The highest BCUT2D eigenvalue weighted by Gasteiger charge is 2.27. The maximum absolute atomic E-state index is 5.80. The third-order valence-electron chi connectivity index (χ3n) is 4.05. The summed E-state index contributed by atoms with van der Waals surface area (Å²) < 4.78 is 0. The molecule has 2 unspecified atom stereocenters. The summed E-state index contributed by atoms with van der Waals surface area (Å²) in [6.07, 6.45) is 5.77. The fourth-order valence-corrected chi connectivity index (χ4v) is 2.51. The quantitative estimate of drug-likeness (QED) is 0.741. The van der Waals surface area contributed by atoms with Gasteiger partial charge in [0.15, 0.2) is 0 Å². The third-order valence-corrected chi connectivity index (χ3v) is 4.05. The van der Waals surface area contributed by atoms with Gasteiger partial charge < -0.3 is 10.6 Å². The average Bonchev–Trinajstić information content (AvgIpc) is 3.00. The Kier molecular flexibility index (Phi) is 3.45. The smallest absolute Gasteiger partial charge is 0.00243 e. The van der Waals surface area contributed by atoms with Gasteiger partial charge in [-0.15, -0.1) is 0 Å². The molecular formula is C12H24N2. The summed E-state index contributed by atoms with van der Waals surface area (Å²) in [5.41, 5.74) is 5.80. The first-order chi connectivity index (χ1) is 6.79. The van der Waals surface area contributed by atoms with Crippen LogP contribution in [0.3, 0.4) is 0 Å². The van der Waals surface area contributed by atoms with Crippen molar-refractivity contribution in [2.45, 2.75) is 32.6 Å². The van der Waals surface area contributed by atoms with Crippen LogP contribution in [-0.2, 0) is 0 Å². The molecule has 2 atom stereocenters. The highest BCUT2D eigenvalue weighted by atomic mass is 15.1. The van der Waals surface area contributed by atoms with Crippen LogP contribution in [0.4, 0.5) is 0 Å². The molecule has 82 valence electrons. The molecule has 1 aliphatic carbocycles. The van der Waals surface area contributed by atoms with E-state index in [-0.39, 0.29) is 0 Å². The minimum atomic E-state index is 0.753. The first-order valence-corrected chi connectivity index (χ1v) is 6.22. The zero-order valence-corrected chi connectivity index (χ0v) is 9.41. The molecule has 0 aromatic rings. The Morgan fingerprint density at radius 1 is 1.29 bits per heavy atom. The molecule has 2 heteroatoms. The van der Waals surface area contributed by atoms with Crippen LogP contribution < -0.4 is 5.73 Å². The van der Waals surface area contributed by atoms with Crippen LogP contribution in [0.25, 0.3) is 0 Å². The molecule has 2 rings (SSSR count). The Morgan fingerprint density at radius 3 is 2.71 bits per heavy atom. The number of hydrogen-bond acceptors (Lipinski definition) is 2. The molecule has 0 bridgehead atoms. The first-order valence-electron chi connectivity index (χ1n) is 6.22. The Morgan fingerprint density at radius 2 is 2.07 bits per heavy atom. The molecule has 0 spiro atoms. The molecule has 0 aromatic heterocycles. The molecule has 2 fully saturated rings. The molecule has 0 amide bonds. The molecule has 1 saturated heterocycles. The van der Waals surface area contributed by atoms with Gasteiger partial charge in [0.25, 0.3) is 0 Å². The van der Waals surface area contributed by atoms with Crippen molar-refractivity contribution in [1.82, 2.24) is 4.90 Å². The lowest BCUT2D eigenvalue weighted by molar-refractivity contribution is 0.129. The number of rotatable bonds is 4. The van der Waals surface area contributed by atoms with Gasteiger partial charge in [-0.2, -0.15) is 0 Å². The molecule has 2 N–H and O–H groups in total. The van der Waals surface area contributed by atoms with Crippen molar-refractivity contribution in [3.05, 3.63) is 0 Å². The van der Waals surface area contributed by atoms with E-state index in [0.29, 0.717) is 0 Å². The first kappa shape index (κ1) is 10.4. The minimum Gasteiger partial charge on any atom is -0.330 e. The Labute approximate surface area is 87.8 Å². The van der Waals surface area contributed by atoms with Crippen LogP contribution in [0.5, 0.6) is 0 Å². The van der Waals surface area contributed by atoms with Gasteiger partial charge in [0.2, 0.25) is 0 Å². The summed E-state index contributed by atoms with van der Waals surface area (Å²) in [6.45, 7) is 7.12. The normalized spacial score (nSPS) is 34.7. The third kappa shape index (κ3) is 2.71. The number of piperidine rings is 1. The van der Waals surface area contributed by atoms with E-state index in [1.54, 1.807) is 0 Å². The summed E-state index contributed by atoms with van der Waals surface area (Å²) >= 11 is 0. The van der Waals surface area contributed by atoms with Crippen molar-refractivity contribution in [1.29, 1.82) is 0 Å². The van der Waals surface area contributed by atoms with Gasteiger partial charge in [0, 0.05) is 6.54 Å². The van der Waals surface area contributed by atoms with Crippen LogP contribution in [-0.4, -0.2) is 31.1 Å². The molecule has 2 aliphatic rings. The van der Waals surface area contributed by atoms with Gasteiger partial charge >= 0.3 is 0 Å². The number of likely N-dealkylation sites (tertiary alicyclic amines) is 1. The van der Waals surface area contributed by atoms with Crippen LogP contribution in [0.15, 0.2) is 0 Å². The van der Waals surface area contributed by atoms with E-state index in [2.05, 4.69) is 11.8 Å². The van der Waals surface area contributed by atoms with E-state index < -0.39 is 0 Å². The highest BCUT2D eigenvalue weighted by Crippen LogP contribution is 2.33. The van der Waals surface area contributed by atoms with E-state index in [4.69, 9.17) is 5.73 Å². The maximum Gasteiger partial charge on any atom is 0.00243 e. The molecular weight excluding hydrogens is 172 g/mol. The van der Waals surface area contributed by atoms with Gasteiger partial charge in [-0.3, -0.25) is 0 Å². The zero-order valence-electron chi connectivity index (χ0n) is 9.41. The van der Waals surface area contributed by atoms with E-state index in [0.717, 1.165) is 24.3 Å². The van der Waals surface area contributed by atoms with Crippen LogP contribution in [0, 0.1) is 17.8 Å². The number of nitrogens with two attached hydrogens (primary N) is 1. The van der Waals surface area contributed by atoms with Crippen LogP contribution >= 0.6 is 0 Å². The van der Waals surface area contributed by atoms with E-state index in [1.807, 2.05) is 0 Å². The van der Waals surface area contributed by atoms with Gasteiger partial charge in [0.05, 0.1) is 0 Å². The van der Waals surface area contributed by atoms with Crippen LogP contribution in [0.2, 0.25) is 0 Å². The van der Waals surface area contributed by atoms with Gasteiger partial charge in [-0.25, -0.2) is 0 Å². The molecule has 2 nitrogen and oxygen atoms in total. The van der Waals surface area contributed by atoms with Gasteiger partial charge in [-0.1, -0.05) is 19.8 Å². The molecule has 1 heterocycles. The van der Waals surface area contributed by atoms with Gasteiger partial charge in [-0.05, 0) is 50.2 Å². The van der Waals surface area contributed by atoms with Crippen molar-refractivity contribution in [3.63, 3.8) is 0 Å². The summed E-state index contributed by atoms with van der Waals surface area (Å²) in [5, 5.41) is 0. The number of hydrogen-bond donors (Lipinski definition) is 1. The number of nitrogens with zero attached hydrogens (tertiary/aromatic N) is 1. The van der Waals surface area contributed by atoms with E-state index in [1.165, 1.54) is 45.3 Å². The summed E-state index contributed by atoms with van der Waals surface area (Å²) in [4.78, 5) is 2.63. The second-order valence-electron chi connectivity index (χ2n) is 5.29. The van der Waals surface area contributed by atoms with E-state index in [9.17, 15) is 0 Å². The second kappa shape index (κ2) is 4.63. The topological polar surface area (TPSA) is 29.3 Å².